The van der Waals surface area contributed by atoms with E-state index in [-0.39, 0.29) is 22.3 Å². The van der Waals surface area contributed by atoms with Crippen molar-refractivity contribution in [2.75, 3.05) is 31.1 Å². The average Bonchev–Trinajstić information content (AvgIpc) is 3.24. The minimum absolute atomic E-state index is 0.0739. The van der Waals surface area contributed by atoms with Gasteiger partial charge >= 0.3 is 5.97 Å². The van der Waals surface area contributed by atoms with Crippen molar-refractivity contribution in [3.63, 3.8) is 0 Å². The van der Waals surface area contributed by atoms with Crippen LogP contribution >= 0.6 is 0 Å². The molecule has 2 aliphatic heterocycles. The smallest absolute Gasteiger partial charge is 0.339 e. The number of hydrogen-bond donors (Lipinski definition) is 1. The van der Waals surface area contributed by atoms with Crippen LogP contribution in [-0.4, -0.2) is 53.0 Å². The molecule has 3 aliphatic rings. The molecule has 3 heterocycles. The van der Waals surface area contributed by atoms with Gasteiger partial charge in [-0.3, -0.25) is 4.79 Å². The van der Waals surface area contributed by atoms with Crippen LogP contribution in [0.4, 0.5) is 5.82 Å². The van der Waals surface area contributed by atoms with Crippen molar-refractivity contribution in [3.05, 3.63) is 22.9 Å². The Kier molecular flexibility index (Phi) is 4.63. The summed E-state index contributed by atoms with van der Waals surface area (Å²) in [6, 6.07) is 1.81. The van der Waals surface area contributed by atoms with Crippen LogP contribution in [0.5, 0.6) is 0 Å². The van der Waals surface area contributed by atoms with Crippen LogP contribution in [0.25, 0.3) is 0 Å². The van der Waals surface area contributed by atoms with E-state index in [9.17, 15) is 14.7 Å². The third-order valence-electron chi connectivity index (χ3n) is 6.40. The highest BCUT2D eigenvalue weighted by Gasteiger charge is 2.49. The number of nitrogens with zero attached hydrogens (tertiary/aromatic N) is 3. The van der Waals surface area contributed by atoms with Crippen molar-refractivity contribution in [2.45, 2.75) is 59.3 Å². The molecule has 1 aliphatic carbocycles. The maximum Gasteiger partial charge on any atom is 0.339 e. The van der Waals surface area contributed by atoms with Crippen LogP contribution < -0.4 is 4.90 Å². The number of likely N-dealkylation sites (tertiary alicyclic amines) is 1. The Labute approximate surface area is 166 Å². The number of pyridine rings is 1. The molecular weight excluding hydrogens is 354 g/mol. The fraction of sp³-hybridized carbons (Fsp3) is 0.682. The van der Waals surface area contributed by atoms with Gasteiger partial charge in [0.1, 0.15) is 11.4 Å². The monoisotopic (exact) mass is 385 g/mol. The Morgan fingerprint density at radius 2 is 2.00 bits per heavy atom. The Balaban J connectivity index is 1.60. The molecule has 0 bridgehead atoms. The molecule has 2 fully saturated rings. The number of carboxylic acids is 1. The van der Waals surface area contributed by atoms with Gasteiger partial charge in [-0.1, -0.05) is 20.8 Å². The molecule has 6 nitrogen and oxygen atoms in total. The maximum atomic E-state index is 13.4. The summed E-state index contributed by atoms with van der Waals surface area (Å²) in [5.74, 6) is -0.123. The summed E-state index contributed by atoms with van der Waals surface area (Å²) >= 11 is 0. The first-order chi connectivity index (χ1) is 13.2. The average molecular weight is 386 g/mol. The molecule has 0 saturated carbocycles. The topological polar surface area (TPSA) is 73.7 Å². The quantitative estimate of drug-likeness (QED) is 0.865. The molecule has 4 rings (SSSR count). The number of hydrogen-bond acceptors (Lipinski definition) is 4. The van der Waals surface area contributed by atoms with Gasteiger partial charge in [0.15, 0.2) is 0 Å². The summed E-state index contributed by atoms with van der Waals surface area (Å²) in [4.78, 5) is 34.1. The first-order valence-electron chi connectivity index (χ1n) is 10.5. The molecule has 1 aromatic heterocycles. The summed E-state index contributed by atoms with van der Waals surface area (Å²) in [7, 11) is 0. The highest BCUT2D eigenvalue weighted by Crippen LogP contribution is 2.43. The van der Waals surface area contributed by atoms with Gasteiger partial charge in [-0.15, -0.1) is 0 Å². The van der Waals surface area contributed by atoms with Gasteiger partial charge in [0, 0.05) is 31.9 Å². The minimum Gasteiger partial charge on any atom is -0.478 e. The van der Waals surface area contributed by atoms with E-state index < -0.39 is 5.97 Å². The third-order valence-corrected chi connectivity index (χ3v) is 6.40. The summed E-state index contributed by atoms with van der Waals surface area (Å²) in [5, 5.41) is 9.74. The molecule has 0 radical (unpaired) electrons. The molecule has 6 heteroatoms. The lowest BCUT2D eigenvalue weighted by molar-refractivity contribution is -0.146. The molecule has 1 aromatic rings. The van der Waals surface area contributed by atoms with Gasteiger partial charge in [0.05, 0.1) is 5.41 Å². The van der Waals surface area contributed by atoms with Crippen LogP contribution in [0.15, 0.2) is 6.07 Å². The lowest BCUT2D eigenvalue weighted by Gasteiger charge is -2.41. The first kappa shape index (κ1) is 19.2. The van der Waals surface area contributed by atoms with E-state index in [1.165, 1.54) is 0 Å². The number of anilines is 1. The predicted molar refractivity (Wildman–Crippen MR) is 108 cm³/mol. The Hall–Kier alpha value is -2.11. The van der Waals surface area contributed by atoms with E-state index in [4.69, 9.17) is 4.98 Å². The second kappa shape index (κ2) is 6.75. The van der Waals surface area contributed by atoms with Crippen LogP contribution in [0, 0.1) is 10.8 Å². The molecule has 152 valence electrons. The standard InChI is InChI=1S/C22H31N3O3/c1-21(2,3)13-25-10-5-8-22(20(25)28)9-11-24(14-22)18-16(19(26)27)12-15-6-4-7-17(15)23-18/h12H,4-11,13-14H2,1-3H3,(H,26,27)/t22-/m0/s1. The number of carbonyl (C=O) groups excluding carboxylic acids is 1. The zero-order valence-electron chi connectivity index (χ0n) is 17.3. The lowest BCUT2D eigenvalue weighted by atomic mass is 9.77. The molecular formula is C22H31N3O3. The number of piperidine rings is 1. The Morgan fingerprint density at radius 3 is 2.71 bits per heavy atom. The molecule has 1 atom stereocenters. The third kappa shape index (κ3) is 3.38. The van der Waals surface area contributed by atoms with Crippen molar-refractivity contribution in [1.29, 1.82) is 0 Å². The number of aryl methyl sites for hydroxylation is 2. The molecule has 0 unspecified atom stereocenters. The Bertz CT molecular complexity index is 814. The zero-order chi connectivity index (χ0) is 20.1. The molecule has 1 spiro atoms. The number of carboxylic acid groups (broad SMARTS) is 1. The zero-order valence-corrected chi connectivity index (χ0v) is 17.3. The largest absolute Gasteiger partial charge is 0.478 e. The number of rotatable bonds is 3. The number of carbonyl (C=O) groups is 2. The number of aromatic nitrogens is 1. The van der Waals surface area contributed by atoms with Crippen molar-refractivity contribution >= 4 is 17.7 Å². The second-order valence-electron chi connectivity index (χ2n) is 9.97. The van der Waals surface area contributed by atoms with E-state index >= 15 is 0 Å². The maximum absolute atomic E-state index is 13.4. The summed E-state index contributed by atoms with van der Waals surface area (Å²) in [6.45, 7) is 9.36. The number of aromatic carboxylic acids is 1. The van der Waals surface area contributed by atoms with Gasteiger partial charge in [0.2, 0.25) is 5.91 Å². The van der Waals surface area contributed by atoms with Crippen molar-refractivity contribution in [3.8, 4) is 0 Å². The summed E-state index contributed by atoms with van der Waals surface area (Å²) < 4.78 is 0. The number of fused-ring (bicyclic) bond motifs is 1. The highest BCUT2D eigenvalue weighted by atomic mass is 16.4. The van der Waals surface area contributed by atoms with E-state index in [2.05, 4.69) is 25.7 Å². The molecule has 2 saturated heterocycles. The van der Waals surface area contributed by atoms with Gasteiger partial charge in [-0.05, 0) is 55.6 Å². The fourth-order valence-electron chi connectivity index (χ4n) is 5.17. The SMILES string of the molecule is CC(C)(C)CN1CCC[C@@]2(CCN(c3nc4c(cc3C(=O)O)CCC4)C2)C1=O. The van der Waals surface area contributed by atoms with Crippen molar-refractivity contribution in [2.24, 2.45) is 10.8 Å². The van der Waals surface area contributed by atoms with Crippen LogP contribution in [0.1, 0.15) is 68.1 Å². The molecule has 1 amide bonds. The van der Waals surface area contributed by atoms with Crippen LogP contribution in [0.3, 0.4) is 0 Å². The minimum atomic E-state index is -0.928. The van der Waals surface area contributed by atoms with Gasteiger partial charge in [0.25, 0.3) is 0 Å². The van der Waals surface area contributed by atoms with E-state index in [1.54, 1.807) is 0 Å². The van der Waals surface area contributed by atoms with Crippen LogP contribution in [-0.2, 0) is 17.6 Å². The molecule has 0 aromatic carbocycles. The van der Waals surface area contributed by atoms with Crippen LogP contribution in [0.2, 0.25) is 0 Å². The molecule has 1 N–H and O–H groups in total. The normalized spacial score (nSPS) is 24.9. The van der Waals surface area contributed by atoms with E-state index in [0.29, 0.717) is 18.9 Å². The predicted octanol–water partition coefficient (Wildman–Crippen LogP) is 3.13. The van der Waals surface area contributed by atoms with Gasteiger partial charge < -0.3 is 14.9 Å². The lowest BCUT2D eigenvalue weighted by Crippen LogP contribution is -2.52. The van der Waals surface area contributed by atoms with E-state index in [1.807, 2.05) is 11.0 Å². The fourth-order valence-corrected chi connectivity index (χ4v) is 5.17. The Morgan fingerprint density at radius 1 is 1.21 bits per heavy atom. The first-order valence-corrected chi connectivity index (χ1v) is 10.5. The van der Waals surface area contributed by atoms with Gasteiger partial charge in [-0.25, -0.2) is 9.78 Å². The molecule has 28 heavy (non-hydrogen) atoms. The summed E-state index contributed by atoms with van der Waals surface area (Å²) in [6.07, 6.45) is 5.54. The summed E-state index contributed by atoms with van der Waals surface area (Å²) in [5.41, 5.74) is 2.07. The van der Waals surface area contributed by atoms with Gasteiger partial charge in [-0.2, -0.15) is 0 Å². The van der Waals surface area contributed by atoms with Crippen molar-refractivity contribution < 1.29 is 14.7 Å². The van der Waals surface area contributed by atoms with E-state index in [0.717, 1.165) is 62.9 Å². The second-order valence-corrected chi connectivity index (χ2v) is 9.97. The van der Waals surface area contributed by atoms with Crippen molar-refractivity contribution in [1.82, 2.24) is 9.88 Å². The highest BCUT2D eigenvalue weighted by molar-refractivity contribution is 5.94. The number of amides is 1.